The molecular formula is C27H27NO4. The van der Waals surface area contributed by atoms with E-state index in [1.165, 1.54) is 5.56 Å². The van der Waals surface area contributed by atoms with Gasteiger partial charge in [-0.3, -0.25) is 0 Å². The van der Waals surface area contributed by atoms with E-state index in [-0.39, 0.29) is 0 Å². The highest BCUT2D eigenvalue weighted by Crippen LogP contribution is 2.33. The van der Waals surface area contributed by atoms with Crippen molar-refractivity contribution in [3.63, 3.8) is 0 Å². The molecule has 32 heavy (non-hydrogen) atoms. The van der Waals surface area contributed by atoms with E-state index in [2.05, 4.69) is 37.3 Å². The van der Waals surface area contributed by atoms with Gasteiger partial charge in [-0.15, -0.1) is 0 Å². The Morgan fingerprint density at radius 2 is 1.56 bits per heavy atom. The average molecular weight is 430 g/mol. The van der Waals surface area contributed by atoms with E-state index in [1.807, 2.05) is 37.3 Å². The lowest BCUT2D eigenvalue weighted by molar-refractivity contribution is 0.269. The molecule has 164 valence electrons. The SMILES string of the molecule is CCOc1cc(/C=C(\C#N)c2ccc(OC)c(OC)c2)ccc1OCc1ccc(C)cc1. The Morgan fingerprint density at radius 3 is 2.22 bits per heavy atom. The van der Waals surface area contributed by atoms with Crippen LogP contribution in [0, 0.1) is 18.3 Å². The summed E-state index contributed by atoms with van der Waals surface area (Å²) in [7, 11) is 3.15. The third kappa shape index (κ3) is 5.61. The van der Waals surface area contributed by atoms with Crippen LogP contribution >= 0.6 is 0 Å². The predicted octanol–water partition coefficient (Wildman–Crippen LogP) is 6.05. The predicted molar refractivity (Wildman–Crippen MR) is 126 cm³/mol. The second-order valence-electron chi connectivity index (χ2n) is 7.15. The number of methoxy groups -OCH3 is 2. The molecule has 5 nitrogen and oxygen atoms in total. The molecule has 0 radical (unpaired) electrons. The van der Waals surface area contributed by atoms with Gasteiger partial charge in [0.15, 0.2) is 23.0 Å². The Balaban J connectivity index is 1.86. The number of ether oxygens (including phenoxy) is 4. The van der Waals surface area contributed by atoms with Crippen molar-refractivity contribution in [2.45, 2.75) is 20.5 Å². The van der Waals surface area contributed by atoms with Crippen LogP contribution in [-0.2, 0) is 6.61 Å². The van der Waals surface area contributed by atoms with Gasteiger partial charge in [-0.25, -0.2) is 0 Å². The van der Waals surface area contributed by atoms with Gasteiger partial charge in [0, 0.05) is 0 Å². The van der Waals surface area contributed by atoms with E-state index in [1.54, 1.807) is 26.4 Å². The number of benzene rings is 3. The Kier molecular flexibility index (Phi) is 7.77. The van der Waals surface area contributed by atoms with Crippen LogP contribution in [0.5, 0.6) is 23.0 Å². The molecule has 0 amide bonds. The summed E-state index contributed by atoms with van der Waals surface area (Å²) >= 11 is 0. The van der Waals surface area contributed by atoms with Gasteiger partial charge in [0.05, 0.1) is 32.5 Å². The fourth-order valence-corrected chi connectivity index (χ4v) is 3.20. The Morgan fingerprint density at radius 1 is 0.844 bits per heavy atom. The summed E-state index contributed by atoms with van der Waals surface area (Å²) in [5.74, 6) is 2.48. The normalized spacial score (nSPS) is 10.9. The topological polar surface area (TPSA) is 60.7 Å². The van der Waals surface area contributed by atoms with Crippen molar-refractivity contribution in [2.75, 3.05) is 20.8 Å². The van der Waals surface area contributed by atoms with Crippen molar-refractivity contribution in [3.8, 4) is 29.1 Å². The number of hydrogen-bond acceptors (Lipinski definition) is 5. The first-order chi connectivity index (χ1) is 15.6. The van der Waals surface area contributed by atoms with Crippen LogP contribution in [-0.4, -0.2) is 20.8 Å². The number of nitrogens with zero attached hydrogens (tertiary/aromatic N) is 1. The average Bonchev–Trinajstić information content (AvgIpc) is 2.82. The third-order valence-electron chi connectivity index (χ3n) is 4.91. The molecule has 0 aliphatic rings. The highest BCUT2D eigenvalue weighted by molar-refractivity contribution is 5.90. The molecule has 0 aliphatic carbocycles. The van der Waals surface area contributed by atoms with Crippen molar-refractivity contribution in [1.29, 1.82) is 5.26 Å². The van der Waals surface area contributed by atoms with E-state index in [9.17, 15) is 5.26 Å². The molecule has 0 atom stereocenters. The van der Waals surface area contributed by atoms with Gasteiger partial charge in [0.25, 0.3) is 0 Å². The standard InChI is InChI=1S/C27H27NO4/c1-5-31-27-15-21(10-12-25(27)32-18-20-8-6-19(2)7-9-20)14-23(17-28)22-11-13-24(29-3)26(16-22)30-4/h6-16H,5,18H2,1-4H3/b23-14+. The lowest BCUT2D eigenvalue weighted by Crippen LogP contribution is -2.00. The molecule has 0 N–H and O–H groups in total. The maximum Gasteiger partial charge on any atom is 0.161 e. The highest BCUT2D eigenvalue weighted by atomic mass is 16.5. The Bertz CT molecular complexity index is 1130. The third-order valence-corrected chi connectivity index (χ3v) is 4.91. The summed E-state index contributed by atoms with van der Waals surface area (Å²) in [6, 6.07) is 21.6. The molecule has 0 saturated heterocycles. The van der Waals surface area contributed by atoms with Gasteiger partial charge >= 0.3 is 0 Å². The molecule has 3 rings (SSSR count). The fraction of sp³-hybridized carbons (Fsp3) is 0.222. The zero-order valence-electron chi connectivity index (χ0n) is 18.8. The van der Waals surface area contributed by atoms with Gasteiger partial charge in [0.2, 0.25) is 0 Å². The molecule has 0 spiro atoms. The van der Waals surface area contributed by atoms with Gasteiger partial charge in [-0.1, -0.05) is 35.9 Å². The van der Waals surface area contributed by atoms with Crippen LogP contribution in [0.3, 0.4) is 0 Å². The Hall–Kier alpha value is -3.91. The van der Waals surface area contributed by atoms with Crippen LogP contribution in [0.1, 0.15) is 29.2 Å². The van der Waals surface area contributed by atoms with Crippen LogP contribution in [0.25, 0.3) is 11.6 Å². The largest absolute Gasteiger partial charge is 0.493 e. The van der Waals surface area contributed by atoms with Gasteiger partial charge in [-0.2, -0.15) is 5.26 Å². The lowest BCUT2D eigenvalue weighted by atomic mass is 10.0. The molecule has 0 aliphatic heterocycles. The van der Waals surface area contributed by atoms with E-state index >= 15 is 0 Å². The molecule has 0 fully saturated rings. The van der Waals surface area contributed by atoms with Crippen LogP contribution in [0.4, 0.5) is 0 Å². The summed E-state index contributed by atoms with van der Waals surface area (Å²) in [6.45, 7) is 4.94. The van der Waals surface area contributed by atoms with E-state index in [0.29, 0.717) is 41.8 Å². The van der Waals surface area contributed by atoms with Crippen molar-refractivity contribution in [2.24, 2.45) is 0 Å². The number of hydrogen-bond donors (Lipinski definition) is 0. The monoisotopic (exact) mass is 429 g/mol. The van der Waals surface area contributed by atoms with Crippen molar-refractivity contribution >= 4 is 11.6 Å². The quantitative estimate of drug-likeness (QED) is 0.306. The minimum atomic E-state index is 0.449. The Labute approximate surface area is 189 Å². The smallest absolute Gasteiger partial charge is 0.161 e. The van der Waals surface area contributed by atoms with E-state index in [0.717, 1.165) is 16.7 Å². The molecule has 0 heterocycles. The lowest BCUT2D eigenvalue weighted by Gasteiger charge is -2.13. The summed E-state index contributed by atoms with van der Waals surface area (Å²) < 4.78 is 22.4. The molecule has 0 aromatic heterocycles. The van der Waals surface area contributed by atoms with Crippen LogP contribution < -0.4 is 18.9 Å². The molecule has 3 aromatic rings. The molecule has 0 bridgehead atoms. The molecule has 0 unspecified atom stereocenters. The van der Waals surface area contributed by atoms with Gasteiger partial charge in [-0.05, 0) is 66.9 Å². The van der Waals surface area contributed by atoms with Crippen LogP contribution in [0.2, 0.25) is 0 Å². The summed E-state index contributed by atoms with van der Waals surface area (Å²) in [6.07, 6.45) is 1.81. The minimum absolute atomic E-state index is 0.449. The number of nitriles is 1. The summed E-state index contributed by atoms with van der Waals surface area (Å²) in [5.41, 5.74) is 4.37. The minimum Gasteiger partial charge on any atom is -0.493 e. The molecule has 3 aromatic carbocycles. The first-order valence-electron chi connectivity index (χ1n) is 10.4. The first kappa shape index (κ1) is 22.8. The van der Waals surface area contributed by atoms with Crippen molar-refractivity contribution in [1.82, 2.24) is 0 Å². The van der Waals surface area contributed by atoms with Crippen LogP contribution in [0.15, 0.2) is 60.7 Å². The molecular weight excluding hydrogens is 402 g/mol. The number of aryl methyl sites for hydroxylation is 1. The zero-order valence-corrected chi connectivity index (χ0v) is 18.8. The van der Waals surface area contributed by atoms with Gasteiger partial charge < -0.3 is 18.9 Å². The number of rotatable bonds is 9. The number of allylic oxidation sites excluding steroid dienone is 1. The maximum atomic E-state index is 9.74. The van der Waals surface area contributed by atoms with Crippen molar-refractivity contribution < 1.29 is 18.9 Å². The first-order valence-corrected chi connectivity index (χ1v) is 10.4. The highest BCUT2D eigenvalue weighted by Gasteiger charge is 2.10. The molecule has 0 saturated carbocycles. The molecule has 5 heteroatoms. The zero-order chi connectivity index (χ0) is 22.9. The van der Waals surface area contributed by atoms with Crippen molar-refractivity contribution in [3.05, 3.63) is 82.9 Å². The fourth-order valence-electron chi connectivity index (χ4n) is 3.20. The van der Waals surface area contributed by atoms with Gasteiger partial charge in [0.1, 0.15) is 6.61 Å². The summed E-state index contributed by atoms with van der Waals surface area (Å²) in [5, 5.41) is 9.74. The van der Waals surface area contributed by atoms with E-state index < -0.39 is 0 Å². The second kappa shape index (κ2) is 10.9. The second-order valence-corrected chi connectivity index (χ2v) is 7.15. The van der Waals surface area contributed by atoms with E-state index in [4.69, 9.17) is 18.9 Å². The maximum absolute atomic E-state index is 9.74. The summed E-state index contributed by atoms with van der Waals surface area (Å²) in [4.78, 5) is 0.